The molecule has 0 amide bonds. The van der Waals surface area contributed by atoms with Crippen molar-refractivity contribution >= 4 is 6.29 Å². The quantitative estimate of drug-likeness (QED) is 0.201. The smallest absolute Gasteiger partial charge is 0.419 e. The number of hydrogen-bond acceptors (Lipinski definition) is 1. The Morgan fingerprint density at radius 1 is 1.83 bits per heavy atom. The van der Waals surface area contributed by atoms with Crippen molar-refractivity contribution in [3.05, 3.63) is 12.2 Å². The van der Waals surface area contributed by atoms with E-state index in [1.165, 1.54) is 0 Å². The molecule has 0 N–H and O–H groups in total. The molecule has 0 saturated carbocycles. The van der Waals surface area contributed by atoms with Gasteiger partial charge in [0, 0.05) is 0 Å². The standard InChI is InChI=1S/C4H5O.Na/c1-4(2)3-5;/h1H2,2H3;/q-1;+1. The van der Waals surface area contributed by atoms with Gasteiger partial charge in [-0.15, -0.1) is 0 Å². The van der Waals surface area contributed by atoms with E-state index < -0.39 is 0 Å². The van der Waals surface area contributed by atoms with Gasteiger partial charge in [0.1, 0.15) is 0 Å². The Morgan fingerprint density at radius 3 is 2.00 bits per heavy atom. The molecule has 0 fully saturated rings. The van der Waals surface area contributed by atoms with Gasteiger partial charge in [-0.3, -0.25) is 0 Å². The van der Waals surface area contributed by atoms with Gasteiger partial charge < -0.3 is 4.79 Å². The van der Waals surface area contributed by atoms with Crippen LogP contribution < -0.4 is 29.6 Å². The maximum atomic E-state index is 9.28. The van der Waals surface area contributed by atoms with Crippen molar-refractivity contribution in [1.29, 1.82) is 0 Å². The maximum absolute atomic E-state index is 9.28. The van der Waals surface area contributed by atoms with Crippen molar-refractivity contribution in [2.45, 2.75) is 6.92 Å². The average molecular weight is 92.1 g/mol. The molecule has 0 radical (unpaired) electrons. The van der Waals surface area contributed by atoms with Gasteiger partial charge >= 0.3 is 29.6 Å². The minimum Gasteiger partial charge on any atom is -0.419 e. The monoisotopic (exact) mass is 92.0 g/mol. The van der Waals surface area contributed by atoms with Crippen LogP contribution in [-0.2, 0) is 4.79 Å². The van der Waals surface area contributed by atoms with E-state index in [-0.39, 0.29) is 29.6 Å². The van der Waals surface area contributed by atoms with Crippen LogP contribution >= 0.6 is 0 Å². The molecule has 2 heteroatoms. The van der Waals surface area contributed by atoms with Crippen LogP contribution in [0.3, 0.4) is 0 Å². The third-order valence-corrected chi connectivity index (χ3v) is 0.174. The molecular weight excluding hydrogens is 87.0 g/mol. The summed E-state index contributed by atoms with van der Waals surface area (Å²) in [6.45, 7) is 4.85. The van der Waals surface area contributed by atoms with Crippen LogP contribution in [0.1, 0.15) is 6.92 Å². The Kier molecular flexibility index (Phi) is 8.70. The van der Waals surface area contributed by atoms with Gasteiger partial charge in [-0.25, -0.2) is 6.58 Å². The van der Waals surface area contributed by atoms with Gasteiger partial charge in [0.05, 0.1) is 0 Å². The Bertz CT molecular complexity index is 58.6. The van der Waals surface area contributed by atoms with Crippen LogP contribution in [0.5, 0.6) is 0 Å². The van der Waals surface area contributed by atoms with Crippen LogP contribution in [-0.4, -0.2) is 6.29 Å². The Hall–Kier alpha value is 0.410. The molecule has 0 aromatic rings. The summed E-state index contributed by atoms with van der Waals surface area (Å²) < 4.78 is 0. The fourth-order valence-corrected chi connectivity index (χ4v) is 0. The molecule has 0 unspecified atom stereocenters. The zero-order valence-electron chi connectivity index (χ0n) is 4.12. The van der Waals surface area contributed by atoms with E-state index in [1.807, 2.05) is 0 Å². The van der Waals surface area contributed by atoms with E-state index in [2.05, 4.69) is 6.58 Å². The Morgan fingerprint density at radius 2 is 2.00 bits per heavy atom. The second-order valence-corrected chi connectivity index (χ2v) is 0.882. The molecule has 0 atom stereocenters. The maximum Gasteiger partial charge on any atom is 1.00 e. The van der Waals surface area contributed by atoms with Crippen LogP contribution in [0, 0.1) is 0 Å². The molecule has 0 bridgehead atoms. The topological polar surface area (TPSA) is 17.1 Å². The first kappa shape index (κ1) is 9.65. The van der Waals surface area contributed by atoms with Crippen molar-refractivity contribution in [1.82, 2.24) is 0 Å². The summed E-state index contributed by atoms with van der Waals surface area (Å²) in [5.74, 6) is 0. The largest absolute Gasteiger partial charge is 1.00 e. The van der Waals surface area contributed by atoms with Gasteiger partial charge in [-0.1, -0.05) is 6.92 Å². The zero-order chi connectivity index (χ0) is 4.28. The second kappa shape index (κ2) is 5.41. The van der Waals surface area contributed by atoms with Crippen molar-refractivity contribution in [3.8, 4) is 0 Å². The van der Waals surface area contributed by atoms with Crippen molar-refractivity contribution in [2.75, 3.05) is 0 Å². The summed E-state index contributed by atoms with van der Waals surface area (Å²) >= 11 is 0. The van der Waals surface area contributed by atoms with E-state index in [0.717, 1.165) is 0 Å². The van der Waals surface area contributed by atoms with Gasteiger partial charge in [0.2, 0.25) is 0 Å². The first-order valence-electron chi connectivity index (χ1n) is 1.31. The zero-order valence-corrected chi connectivity index (χ0v) is 6.12. The third kappa shape index (κ3) is 8.83. The first-order chi connectivity index (χ1) is 2.27. The normalized spacial score (nSPS) is 5.50. The second-order valence-electron chi connectivity index (χ2n) is 0.882. The number of hydrogen-bond donors (Lipinski definition) is 0. The molecule has 0 rings (SSSR count). The summed E-state index contributed by atoms with van der Waals surface area (Å²) in [6, 6.07) is 0. The van der Waals surface area contributed by atoms with E-state index in [0.29, 0.717) is 5.57 Å². The summed E-state index contributed by atoms with van der Waals surface area (Å²) in [4.78, 5) is 9.28. The molecule has 0 aliphatic heterocycles. The summed E-state index contributed by atoms with van der Waals surface area (Å²) in [6.07, 6.45) is 1.58. The molecule has 0 aromatic carbocycles. The van der Waals surface area contributed by atoms with Gasteiger partial charge in [-0.2, -0.15) is 5.57 Å². The molecule has 0 heterocycles. The fourth-order valence-electron chi connectivity index (χ4n) is 0. The predicted molar refractivity (Wildman–Crippen MR) is 20.5 cm³/mol. The van der Waals surface area contributed by atoms with Crippen LogP contribution in [0.25, 0.3) is 0 Å². The molecule has 1 nitrogen and oxygen atoms in total. The molecule has 0 aliphatic rings. The van der Waals surface area contributed by atoms with Crippen molar-refractivity contribution in [2.24, 2.45) is 0 Å². The summed E-state index contributed by atoms with van der Waals surface area (Å²) in [5.41, 5.74) is 0.449. The van der Waals surface area contributed by atoms with Crippen LogP contribution in [0.4, 0.5) is 0 Å². The number of allylic oxidation sites excluding steroid dienone is 1. The SMILES string of the molecule is C=C(C)[C-]=O.[Na+]. The molecule has 0 aliphatic carbocycles. The van der Waals surface area contributed by atoms with E-state index in [4.69, 9.17) is 0 Å². The number of rotatable bonds is 1. The average Bonchev–Trinajstić information content (AvgIpc) is 1.38. The molecule has 0 saturated heterocycles. The van der Waals surface area contributed by atoms with Crippen molar-refractivity contribution in [3.63, 3.8) is 0 Å². The van der Waals surface area contributed by atoms with E-state index >= 15 is 0 Å². The third-order valence-electron chi connectivity index (χ3n) is 0.174. The minimum atomic E-state index is 0. The van der Waals surface area contributed by atoms with E-state index in [9.17, 15) is 4.79 Å². The van der Waals surface area contributed by atoms with Gasteiger partial charge in [-0.05, 0) is 6.29 Å². The van der Waals surface area contributed by atoms with Gasteiger partial charge in [0.15, 0.2) is 0 Å². The van der Waals surface area contributed by atoms with Crippen molar-refractivity contribution < 1.29 is 34.4 Å². The Balaban J connectivity index is 0. The minimum absolute atomic E-state index is 0. The number of carbonyl (C=O) groups excluding carboxylic acids is 1. The fraction of sp³-hybridized carbons (Fsp3) is 0.250. The summed E-state index contributed by atoms with van der Waals surface area (Å²) in [5, 5.41) is 0. The van der Waals surface area contributed by atoms with Crippen LogP contribution in [0.15, 0.2) is 12.2 Å². The van der Waals surface area contributed by atoms with Gasteiger partial charge in [0.25, 0.3) is 0 Å². The summed E-state index contributed by atoms with van der Waals surface area (Å²) in [7, 11) is 0. The Labute approximate surface area is 59.7 Å². The molecule has 0 spiro atoms. The molecular formula is C4H5NaO. The van der Waals surface area contributed by atoms with E-state index in [1.54, 1.807) is 13.2 Å². The first-order valence-corrected chi connectivity index (χ1v) is 1.31. The predicted octanol–water partition coefficient (Wildman–Crippen LogP) is -2.32. The molecule has 6 heavy (non-hydrogen) atoms. The molecule has 28 valence electrons. The van der Waals surface area contributed by atoms with Crippen LogP contribution in [0.2, 0.25) is 0 Å². The molecule has 0 aromatic heterocycles.